The lowest BCUT2D eigenvalue weighted by Crippen LogP contribution is -2.04. The molecule has 4 nitrogen and oxygen atoms in total. The van der Waals surface area contributed by atoms with Crippen LogP contribution in [0.15, 0.2) is 121 Å². The predicted molar refractivity (Wildman–Crippen MR) is 195 cm³/mol. The number of para-hydroxylation sites is 2. The minimum atomic E-state index is 0.594. The summed E-state index contributed by atoms with van der Waals surface area (Å²) in [6.07, 6.45) is 13.6. The van der Waals surface area contributed by atoms with Crippen molar-refractivity contribution in [2.45, 2.75) is 25.7 Å². The van der Waals surface area contributed by atoms with Gasteiger partial charge in [0, 0.05) is 33.3 Å². The summed E-state index contributed by atoms with van der Waals surface area (Å²) in [6, 6.07) is 42.2. The Hall–Kier alpha value is -6.36. The Kier molecular flexibility index (Phi) is 6.49. The first-order valence-corrected chi connectivity index (χ1v) is 16.5. The van der Waals surface area contributed by atoms with Crippen LogP contribution in [-0.2, 0) is 12.8 Å². The molecule has 0 atom stereocenters. The number of fused-ring (bicyclic) bond motifs is 6. The fourth-order valence-electron chi connectivity index (χ4n) is 7.95. The number of allylic oxidation sites excluding steroid dienone is 2. The molecule has 0 spiro atoms. The number of hydrogen-bond donors (Lipinski definition) is 0. The normalized spacial score (nSPS) is 13.3. The van der Waals surface area contributed by atoms with Crippen LogP contribution in [0.3, 0.4) is 0 Å². The molecule has 0 bridgehead atoms. The molecule has 0 fully saturated rings. The molecule has 4 heteroatoms. The molecule has 0 N–H and O–H groups in total. The van der Waals surface area contributed by atoms with E-state index < -0.39 is 0 Å². The number of benzene rings is 5. The molecule has 2 aliphatic carbocycles. The lowest BCUT2D eigenvalue weighted by atomic mass is 9.94. The van der Waals surface area contributed by atoms with Crippen LogP contribution in [-0.4, -0.2) is 9.13 Å². The van der Waals surface area contributed by atoms with Gasteiger partial charge in [0.1, 0.15) is 6.07 Å². The maximum absolute atomic E-state index is 10.8. The Bertz CT molecular complexity index is 2550. The molecule has 9 rings (SSSR count). The molecule has 48 heavy (non-hydrogen) atoms. The van der Waals surface area contributed by atoms with Gasteiger partial charge < -0.3 is 9.13 Å². The third-order valence-electron chi connectivity index (χ3n) is 9.98. The summed E-state index contributed by atoms with van der Waals surface area (Å²) in [5.41, 5.74) is 14.7. The minimum absolute atomic E-state index is 0.594. The zero-order valence-corrected chi connectivity index (χ0v) is 26.3. The van der Waals surface area contributed by atoms with Gasteiger partial charge in [-0.05, 0) is 96.5 Å². The van der Waals surface area contributed by atoms with E-state index in [0.29, 0.717) is 11.1 Å². The van der Waals surface area contributed by atoms with Crippen molar-refractivity contribution < 1.29 is 0 Å². The highest BCUT2D eigenvalue weighted by molar-refractivity contribution is 6.12. The minimum Gasteiger partial charge on any atom is -0.309 e. The van der Waals surface area contributed by atoms with E-state index in [1.807, 2.05) is 48.5 Å². The summed E-state index contributed by atoms with van der Waals surface area (Å²) < 4.78 is 4.59. The van der Waals surface area contributed by atoms with Crippen LogP contribution in [0.5, 0.6) is 0 Å². The molecule has 2 aliphatic rings. The fourth-order valence-corrected chi connectivity index (χ4v) is 7.95. The van der Waals surface area contributed by atoms with E-state index in [-0.39, 0.29) is 0 Å². The molecule has 0 saturated carbocycles. The Morgan fingerprint density at radius 1 is 0.542 bits per heavy atom. The first-order chi connectivity index (χ1) is 23.8. The molecule has 2 aromatic heterocycles. The van der Waals surface area contributed by atoms with Crippen molar-refractivity contribution >= 4 is 34.0 Å². The second-order valence-electron chi connectivity index (χ2n) is 12.5. The van der Waals surface area contributed by atoms with Crippen LogP contribution in [0.2, 0.25) is 0 Å². The van der Waals surface area contributed by atoms with E-state index in [1.54, 1.807) is 0 Å². The molecule has 226 valence electrons. The summed E-state index contributed by atoms with van der Waals surface area (Å²) in [5.74, 6) is 0. The van der Waals surface area contributed by atoms with Crippen LogP contribution < -0.4 is 0 Å². The molecule has 0 saturated heterocycles. The zero-order valence-electron chi connectivity index (χ0n) is 26.3. The second-order valence-corrected chi connectivity index (χ2v) is 12.5. The molecule has 2 heterocycles. The molecular weight excluding hydrogens is 585 g/mol. The molecule has 0 amide bonds. The van der Waals surface area contributed by atoms with Gasteiger partial charge in [-0.15, -0.1) is 0 Å². The first kappa shape index (κ1) is 27.9. The van der Waals surface area contributed by atoms with Gasteiger partial charge in [0.2, 0.25) is 0 Å². The van der Waals surface area contributed by atoms with Crippen molar-refractivity contribution in [2.24, 2.45) is 0 Å². The van der Waals surface area contributed by atoms with Crippen molar-refractivity contribution in [1.29, 1.82) is 10.5 Å². The van der Waals surface area contributed by atoms with Gasteiger partial charge in [-0.25, -0.2) is 0 Å². The summed E-state index contributed by atoms with van der Waals surface area (Å²) in [5, 5.41) is 22.6. The number of aromatic nitrogens is 2. The number of nitriles is 2. The highest BCUT2D eigenvalue weighted by Crippen LogP contribution is 2.41. The summed E-state index contributed by atoms with van der Waals surface area (Å²) >= 11 is 0. The Morgan fingerprint density at radius 3 is 1.94 bits per heavy atom. The van der Waals surface area contributed by atoms with Gasteiger partial charge in [0.05, 0.1) is 39.6 Å². The van der Waals surface area contributed by atoms with E-state index in [0.717, 1.165) is 81.1 Å². The summed E-state index contributed by atoms with van der Waals surface area (Å²) in [4.78, 5) is 0. The molecule has 0 unspecified atom stereocenters. The van der Waals surface area contributed by atoms with Crippen LogP contribution in [0, 0.1) is 22.7 Å². The van der Waals surface area contributed by atoms with Gasteiger partial charge in [-0.1, -0.05) is 84.9 Å². The van der Waals surface area contributed by atoms with Crippen molar-refractivity contribution in [3.05, 3.63) is 155 Å². The van der Waals surface area contributed by atoms with E-state index in [1.165, 1.54) is 22.5 Å². The van der Waals surface area contributed by atoms with E-state index in [4.69, 9.17) is 0 Å². The van der Waals surface area contributed by atoms with E-state index >= 15 is 0 Å². The highest BCUT2D eigenvalue weighted by Gasteiger charge is 2.25. The maximum atomic E-state index is 10.8. The van der Waals surface area contributed by atoms with Gasteiger partial charge in [0.25, 0.3) is 0 Å². The maximum Gasteiger partial charge on any atom is 0.102 e. The molecule has 0 radical (unpaired) electrons. The quantitative estimate of drug-likeness (QED) is 0.198. The number of nitrogens with zero attached hydrogens (tertiary/aromatic N) is 4. The van der Waals surface area contributed by atoms with Crippen molar-refractivity contribution in [2.75, 3.05) is 0 Å². The lowest BCUT2D eigenvalue weighted by Gasteiger charge is -2.18. The Balaban J connectivity index is 1.23. The van der Waals surface area contributed by atoms with Crippen LogP contribution in [0.4, 0.5) is 0 Å². The van der Waals surface area contributed by atoms with Gasteiger partial charge >= 0.3 is 0 Å². The second kappa shape index (κ2) is 11.2. The third kappa shape index (κ3) is 4.13. The average molecular weight is 615 g/mol. The summed E-state index contributed by atoms with van der Waals surface area (Å²) in [6.45, 7) is 0. The fraction of sp³-hybridized carbons (Fsp3) is 0.0909. The molecule has 7 aromatic rings. The van der Waals surface area contributed by atoms with Gasteiger partial charge in [-0.2, -0.15) is 10.5 Å². The summed E-state index contributed by atoms with van der Waals surface area (Å²) in [7, 11) is 0. The van der Waals surface area contributed by atoms with Crippen molar-refractivity contribution in [1.82, 2.24) is 9.13 Å². The standard InChI is InChI=1S/C44H30N4/c45-27-31-14-10-25-43-44(31)36-18-4-8-23-41(36)48(43)42-24-11-19-32(37(42)28-46)29-12-9-13-30(26-29)33-15-1-5-20-38(33)47-39-21-6-2-16-34(39)35-17-3-7-22-40(35)47/h1,4-15,18-26H,2-3,16-17H2. The number of hydrogen-bond acceptors (Lipinski definition) is 2. The average Bonchev–Trinajstić information content (AvgIpc) is 3.67. The Morgan fingerprint density at radius 2 is 1.17 bits per heavy atom. The monoisotopic (exact) mass is 614 g/mol. The van der Waals surface area contributed by atoms with Crippen LogP contribution >= 0.6 is 0 Å². The topological polar surface area (TPSA) is 57.4 Å². The molecular formula is C44H30N4. The van der Waals surface area contributed by atoms with Crippen LogP contribution in [0.25, 0.3) is 67.6 Å². The zero-order chi connectivity index (χ0) is 32.2. The number of rotatable bonds is 4. The van der Waals surface area contributed by atoms with Gasteiger partial charge in [-0.3, -0.25) is 0 Å². The highest BCUT2D eigenvalue weighted by atomic mass is 15.0. The molecule has 5 aromatic carbocycles. The van der Waals surface area contributed by atoms with Gasteiger partial charge in [0.15, 0.2) is 0 Å². The largest absolute Gasteiger partial charge is 0.309 e. The third-order valence-corrected chi connectivity index (χ3v) is 9.98. The van der Waals surface area contributed by atoms with Crippen LogP contribution in [0.1, 0.15) is 46.5 Å². The van der Waals surface area contributed by atoms with Crippen molar-refractivity contribution in [3.8, 4) is 45.8 Å². The predicted octanol–water partition coefficient (Wildman–Crippen LogP) is 10.6. The van der Waals surface area contributed by atoms with E-state index in [2.05, 4.69) is 106 Å². The van der Waals surface area contributed by atoms with E-state index in [9.17, 15) is 10.5 Å². The Labute approximate surface area is 279 Å². The SMILES string of the molecule is N#Cc1c(-c2cccc(-c3ccccc3-n3c4c(c5c3C=CCC5)CCC=C4)c2)cccc1-n1c2ccccc2c2c(C#N)cccc21. The molecule has 0 aliphatic heterocycles. The lowest BCUT2D eigenvalue weighted by molar-refractivity contribution is 0.922. The first-order valence-electron chi connectivity index (χ1n) is 16.5. The van der Waals surface area contributed by atoms with Crippen molar-refractivity contribution in [3.63, 3.8) is 0 Å². The smallest absolute Gasteiger partial charge is 0.102 e.